The molecule has 2 heterocycles. The summed E-state index contributed by atoms with van der Waals surface area (Å²) in [4.78, 5) is 11.1. The number of carboxylic acid groups (broad SMARTS) is 1. The Labute approximate surface area is 136 Å². The minimum atomic E-state index is -1.05. The van der Waals surface area contributed by atoms with Crippen molar-refractivity contribution in [3.63, 3.8) is 0 Å². The summed E-state index contributed by atoms with van der Waals surface area (Å²) in [6, 6.07) is 7.61. The Morgan fingerprint density at radius 2 is 1.96 bits per heavy atom. The highest BCUT2D eigenvalue weighted by Gasteiger charge is 2.35. The summed E-state index contributed by atoms with van der Waals surface area (Å²) in [5, 5.41) is 9.07. The Kier molecular flexibility index (Phi) is 3.41. The number of rotatable bonds is 3. The number of hydrogen-bond acceptors (Lipinski definition) is 3. The molecule has 0 fully saturated rings. The first-order valence-electron chi connectivity index (χ1n) is 7.75. The van der Waals surface area contributed by atoms with Crippen LogP contribution in [0, 0.1) is 6.92 Å². The number of ether oxygens (including phenoxy) is 1. The van der Waals surface area contributed by atoms with Crippen LogP contribution in [0.3, 0.4) is 0 Å². The standard InChI is InChI=1S/C19H22O4/c1-11-8-12-10-22-19(4,5)14(12)9-13(11)18(2,3)16-7-6-15(23-16)17(20)21/h6-9H,10H2,1-5H3,(H,20,21). The molecule has 3 rings (SSSR count). The number of furan rings is 1. The van der Waals surface area contributed by atoms with Crippen LogP contribution in [0.1, 0.15) is 66.3 Å². The third kappa shape index (κ3) is 2.47. The fraction of sp³-hybridized carbons (Fsp3) is 0.421. The Morgan fingerprint density at radius 1 is 1.26 bits per heavy atom. The molecule has 1 aromatic heterocycles. The maximum absolute atomic E-state index is 11.1. The smallest absolute Gasteiger partial charge is 0.371 e. The van der Waals surface area contributed by atoms with E-state index in [0.717, 1.165) is 11.1 Å². The van der Waals surface area contributed by atoms with Gasteiger partial charge >= 0.3 is 5.97 Å². The van der Waals surface area contributed by atoms with Gasteiger partial charge in [0.15, 0.2) is 0 Å². The largest absolute Gasteiger partial charge is 0.475 e. The molecule has 0 atom stereocenters. The van der Waals surface area contributed by atoms with Crippen molar-refractivity contribution in [1.29, 1.82) is 0 Å². The Morgan fingerprint density at radius 3 is 2.57 bits per heavy atom. The average molecular weight is 314 g/mol. The molecule has 122 valence electrons. The van der Waals surface area contributed by atoms with Crippen LogP contribution < -0.4 is 0 Å². The monoisotopic (exact) mass is 314 g/mol. The fourth-order valence-corrected chi connectivity index (χ4v) is 3.38. The van der Waals surface area contributed by atoms with E-state index in [9.17, 15) is 4.79 Å². The van der Waals surface area contributed by atoms with E-state index in [1.807, 2.05) is 0 Å². The van der Waals surface area contributed by atoms with Gasteiger partial charge in [0.1, 0.15) is 5.76 Å². The van der Waals surface area contributed by atoms with Crippen molar-refractivity contribution in [1.82, 2.24) is 0 Å². The van der Waals surface area contributed by atoms with Crippen LogP contribution in [0.25, 0.3) is 0 Å². The van der Waals surface area contributed by atoms with E-state index in [1.165, 1.54) is 17.2 Å². The van der Waals surface area contributed by atoms with E-state index < -0.39 is 11.4 Å². The molecule has 0 spiro atoms. The Balaban J connectivity index is 2.11. The molecule has 0 amide bonds. The van der Waals surface area contributed by atoms with Gasteiger partial charge in [0.05, 0.1) is 12.2 Å². The van der Waals surface area contributed by atoms with Crippen molar-refractivity contribution in [2.24, 2.45) is 0 Å². The summed E-state index contributed by atoms with van der Waals surface area (Å²) in [6.45, 7) is 10.9. The summed E-state index contributed by atoms with van der Waals surface area (Å²) >= 11 is 0. The van der Waals surface area contributed by atoms with Crippen LogP contribution in [-0.2, 0) is 22.4 Å². The predicted molar refractivity (Wildman–Crippen MR) is 86.8 cm³/mol. The summed E-state index contributed by atoms with van der Waals surface area (Å²) in [6.07, 6.45) is 0. The van der Waals surface area contributed by atoms with Gasteiger partial charge in [-0.3, -0.25) is 0 Å². The highest BCUT2D eigenvalue weighted by molar-refractivity contribution is 5.84. The van der Waals surface area contributed by atoms with Crippen molar-refractivity contribution in [3.8, 4) is 0 Å². The SMILES string of the molecule is Cc1cc2c(cc1C(C)(C)c1ccc(C(=O)O)o1)C(C)(C)OC2. The van der Waals surface area contributed by atoms with Crippen LogP contribution in [0.15, 0.2) is 28.7 Å². The number of carboxylic acids is 1. The third-order valence-corrected chi connectivity index (χ3v) is 4.79. The quantitative estimate of drug-likeness (QED) is 0.913. The molecule has 1 aromatic carbocycles. The molecule has 1 aliphatic heterocycles. The topological polar surface area (TPSA) is 59.7 Å². The molecule has 0 radical (unpaired) electrons. The minimum absolute atomic E-state index is 0.0319. The van der Waals surface area contributed by atoms with E-state index in [0.29, 0.717) is 12.4 Å². The fourth-order valence-electron chi connectivity index (χ4n) is 3.38. The lowest BCUT2D eigenvalue weighted by atomic mass is 9.77. The first-order valence-corrected chi connectivity index (χ1v) is 7.75. The normalized spacial score (nSPS) is 16.4. The molecule has 23 heavy (non-hydrogen) atoms. The van der Waals surface area contributed by atoms with Gasteiger partial charge in [0, 0.05) is 5.41 Å². The molecular weight excluding hydrogens is 292 g/mol. The molecule has 4 heteroatoms. The van der Waals surface area contributed by atoms with Crippen molar-refractivity contribution in [2.75, 3.05) is 0 Å². The van der Waals surface area contributed by atoms with Crippen LogP contribution >= 0.6 is 0 Å². The van der Waals surface area contributed by atoms with Crippen LogP contribution in [0.4, 0.5) is 0 Å². The highest BCUT2D eigenvalue weighted by Crippen LogP contribution is 2.42. The minimum Gasteiger partial charge on any atom is -0.475 e. The van der Waals surface area contributed by atoms with E-state index in [1.54, 1.807) is 6.07 Å². The zero-order valence-corrected chi connectivity index (χ0v) is 14.2. The summed E-state index contributed by atoms with van der Waals surface area (Å²) in [7, 11) is 0. The second kappa shape index (κ2) is 4.96. The molecule has 4 nitrogen and oxygen atoms in total. The molecule has 1 N–H and O–H groups in total. The Bertz CT molecular complexity index is 781. The number of carbonyl (C=O) groups is 1. The number of aryl methyl sites for hydroxylation is 1. The van der Waals surface area contributed by atoms with Crippen LogP contribution in [-0.4, -0.2) is 11.1 Å². The van der Waals surface area contributed by atoms with Crippen molar-refractivity contribution in [2.45, 2.75) is 52.2 Å². The van der Waals surface area contributed by atoms with E-state index in [4.69, 9.17) is 14.3 Å². The van der Waals surface area contributed by atoms with Gasteiger partial charge in [-0.15, -0.1) is 0 Å². The van der Waals surface area contributed by atoms with Gasteiger partial charge in [-0.25, -0.2) is 4.79 Å². The molecule has 2 aromatic rings. The molecule has 1 aliphatic rings. The number of fused-ring (bicyclic) bond motifs is 1. The number of benzene rings is 1. The molecular formula is C19H22O4. The van der Waals surface area contributed by atoms with Crippen molar-refractivity contribution in [3.05, 3.63) is 58.0 Å². The number of hydrogen-bond donors (Lipinski definition) is 1. The van der Waals surface area contributed by atoms with Gasteiger partial charge < -0.3 is 14.3 Å². The first-order chi connectivity index (χ1) is 10.6. The zero-order chi connectivity index (χ0) is 17.0. The number of aromatic carboxylic acids is 1. The van der Waals surface area contributed by atoms with Gasteiger partial charge in [-0.1, -0.05) is 12.1 Å². The van der Waals surface area contributed by atoms with E-state index in [-0.39, 0.29) is 11.4 Å². The molecule has 0 saturated heterocycles. The predicted octanol–water partition coefficient (Wildman–Crippen LogP) is 4.38. The van der Waals surface area contributed by atoms with Crippen molar-refractivity contribution >= 4 is 5.97 Å². The van der Waals surface area contributed by atoms with Gasteiger partial charge in [0.2, 0.25) is 5.76 Å². The van der Waals surface area contributed by atoms with Crippen LogP contribution in [0.2, 0.25) is 0 Å². The lowest BCUT2D eigenvalue weighted by Crippen LogP contribution is -2.22. The lowest BCUT2D eigenvalue weighted by molar-refractivity contribution is -0.00793. The molecule has 0 bridgehead atoms. The van der Waals surface area contributed by atoms with E-state index in [2.05, 4.69) is 46.8 Å². The highest BCUT2D eigenvalue weighted by atomic mass is 16.5. The zero-order valence-electron chi connectivity index (χ0n) is 14.2. The van der Waals surface area contributed by atoms with Crippen molar-refractivity contribution < 1.29 is 19.1 Å². The van der Waals surface area contributed by atoms with Crippen LogP contribution in [0.5, 0.6) is 0 Å². The summed E-state index contributed by atoms with van der Waals surface area (Å²) in [5.74, 6) is -0.433. The summed E-state index contributed by atoms with van der Waals surface area (Å²) < 4.78 is 11.4. The second-order valence-corrected chi connectivity index (χ2v) is 7.22. The Hall–Kier alpha value is -2.07. The van der Waals surface area contributed by atoms with E-state index >= 15 is 0 Å². The maximum Gasteiger partial charge on any atom is 0.371 e. The molecule has 0 unspecified atom stereocenters. The second-order valence-electron chi connectivity index (χ2n) is 7.22. The third-order valence-electron chi connectivity index (χ3n) is 4.79. The van der Waals surface area contributed by atoms with Gasteiger partial charge in [-0.05, 0) is 69.0 Å². The maximum atomic E-state index is 11.1. The first kappa shape index (κ1) is 15.8. The van der Waals surface area contributed by atoms with Gasteiger partial charge in [0.25, 0.3) is 0 Å². The molecule has 0 saturated carbocycles. The average Bonchev–Trinajstić information content (AvgIpc) is 3.04. The lowest BCUT2D eigenvalue weighted by Gasteiger charge is -2.27. The summed E-state index contributed by atoms with van der Waals surface area (Å²) in [5.41, 5.74) is 3.97. The molecule has 0 aliphatic carbocycles. The van der Waals surface area contributed by atoms with Gasteiger partial charge in [-0.2, -0.15) is 0 Å².